The summed E-state index contributed by atoms with van der Waals surface area (Å²) in [5, 5.41) is 10.9. The molecule has 0 aromatic carbocycles. The fraction of sp³-hybridized carbons (Fsp3) is 0.867. The Labute approximate surface area is 122 Å². The molecule has 5 nitrogen and oxygen atoms in total. The van der Waals surface area contributed by atoms with Gasteiger partial charge in [-0.25, -0.2) is 0 Å². The van der Waals surface area contributed by atoms with Gasteiger partial charge in [-0.05, 0) is 24.7 Å². The lowest BCUT2D eigenvalue weighted by Crippen LogP contribution is -2.49. The number of nitrogens with zero attached hydrogens (tertiary/aromatic N) is 3. The minimum absolute atomic E-state index is 0.371. The van der Waals surface area contributed by atoms with Gasteiger partial charge in [0, 0.05) is 32.1 Å². The van der Waals surface area contributed by atoms with Gasteiger partial charge >= 0.3 is 0 Å². The van der Waals surface area contributed by atoms with Crippen molar-refractivity contribution in [1.29, 1.82) is 0 Å². The molecule has 1 fully saturated rings. The van der Waals surface area contributed by atoms with Crippen LogP contribution in [0.2, 0.25) is 0 Å². The molecule has 114 valence electrons. The molecule has 2 rings (SSSR count). The predicted octanol–water partition coefficient (Wildman–Crippen LogP) is 2.22. The largest absolute Gasteiger partial charge is 0.337 e. The van der Waals surface area contributed by atoms with Gasteiger partial charge in [-0.15, -0.1) is 5.10 Å². The van der Waals surface area contributed by atoms with Crippen molar-refractivity contribution >= 4 is 5.95 Å². The maximum atomic E-state index is 4.67. The summed E-state index contributed by atoms with van der Waals surface area (Å²) in [7, 11) is 0. The van der Waals surface area contributed by atoms with Crippen LogP contribution in [-0.2, 0) is 6.42 Å². The summed E-state index contributed by atoms with van der Waals surface area (Å²) in [6.45, 7) is 14.3. The van der Waals surface area contributed by atoms with Gasteiger partial charge in [0.05, 0.1) is 0 Å². The Balaban J connectivity index is 1.92. The van der Waals surface area contributed by atoms with Gasteiger partial charge in [-0.3, -0.25) is 5.10 Å². The number of piperazine rings is 1. The Hall–Kier alpha value is -1.10. The first-order chi connectivity index (χ1) is 9.33. The van der Waals surface area contributed by atoms with Crippen molar-refractivity contribution in [3.63, 3.8) is 0 Å². The van der Waals surface area contributed by atoms with Crippen LogP contribution in [0.15, 0.2) is 0 Å². The predicted molar refractivity (Wildman–Crippen MR) is 83.0 cm³/mol. The standard InChI is InChI=1S/C15H29N5/c1-11(9-15(3,4)5)8-13-17-14(19-18-13)20-7-6-16-12(2)10-20/h11-12,16H,6-10H2,1-5H3,(H,17,18,19). The lowest BCUT2D eigenvalue weighted by molar-refractivity contribution is 0.304. The van der Waals surface area contributed by atoms with Gasteiger partial charge in [-0.1, -0.05) is 27.7 Å². The SMILES string of the molecule is CC(Cc1nc(N2CCNC(C)C2)n[nH]1)CC(C)(C)C. The van der Waals surface area contributed by atoms with Gasteiger partial charge in [-0.2, -0.15) is 4.98 Å². The van der Waals surface area contributed by atoms with Crippen LogP contribution >= 0.6 is 0 Å². The van der Waals surface area contributed by atoms with E-state index in [1.165, 1.54) is 6.42 Å². The summed E-state index contributed by atoms with van der Waals surface area (Å²) in [5.41, 5.74) is 0.371. The van der Waals surface area contributed by atoms with Crippen LogP contribution in [0.3, 0.4) is 0 Å². The molecule has 0 radical (unpaired) electrons. The van der Waals surface area contributed by atoms with Crippen LogP contribution in [0.5, 0.6) is 0 Å². The van der Waals surface area contributed by atoms with Crippen molar-refractivity contribution in [2.75, 3.05) is 24.5 Å². The molecule has 1 aliphatic heterocycles. The molecule has 1 saturated heterocycles. The van der Waals surface area contributed by atoms with Gasteiger partial charge in [0.25, 0.3) is 0 Å². The number of aromatic amines is 1. The molecular formula is C15H29N5. The monoisotopic (exact) mass is 279 g/mol. The molecule has 2 heterocycles. The topological polar surface area (TPSA) is 56.8 Å². The number of aromatic nitrogens is 3. The molecule has 0 aliphatic carbocycles. The van der Waals surface area contributed by atoms with E-state index in [9.17, 15) is 0 Å². The van der Waals surface area contributed by atoms with Crippen molar-refractivity contribution in [2.24, 2.45) is 11.3 Å². The van der Waals surface area contributed by atoms with Gasteiger partial charge in [0.15, 0.2) is 0 Å². The zero-order valence-corrected chi connectivity index (χ0v) is 13.5. The summed E-state index contributed by atoms with van der Waals surface area (Å²) in [6, 6.07) is 0.505. The fourth-order valence-corrected chi connectivity index (χ4v) is 3.08. The molecule has 2 N–H and O–H groups in total. The van der Waals surface area contributed by atoms with Crippen LogP contribution < -0.4 is 10.2 Å². The van der Waals surface area contributed by atoms with Crippen LogP contribution in [0.4, 0.5) is 5.95 Å². The Bertz CT molecular complexity index is 420. The molecule has 0 spiro atoms. The van der Waals surface area contributed by atoms with E-state index in [4.69, 9.17) is 0 Å². The third kappa shape index (κ3) is 4.47. The van der Waals surface area contributed by atoms with E-state index >= 15 is 0 Å². The quantitative estimate of drug-likeness (QED) is 0.887. The summed E-state index contributed by atoms with van der Waals surface area (Å²) >= 11 is 0. The van der Waals surface area contributed by atoms with Crippen molar-refractivity contribution in [2.45, 2.75) is 53.5 Å². The molecule has 0 bridgehead atoms. The number of nitrogens with one attached hydrogen (secondary N) is 2. The molecule has 0 saturated carbocycles. The highest BCUT2D eigenvalue weighted by atomic mass is 15.4. The van der Waals surface area contributed by atoms with E-state index < -0.39 is 0 Å². The number of anilines is 1. The Morgan fingerprint density at radius 3 is 2.80 bits per heavy atom. The summed E-state index contributed by atoms with van der Waals surface area (Å²) in [6.07, 6.45) is 2.18. The first-order valence-electron chi connectivity index (χ1n) is 7.73. The third-order valence-corrected chi connectivity index (χ3v) is 3.67. The summed E-state index contributed by atoms with van der Waals surface area (Å²) in [4.78, 5) is 6.93. The molecule has 2 unspecified atom stereocenters. The molecule has 1 aromatic rings. The van der Waals surface area contributed by atoms with Crippen molar-refractivity contribution in [3.05, 3.63) is 5.82 Å². The highest BCUT2D eigenvalue weighted by Gasteiger charge is 2.21. The van der Waals surface area contributed by atoms with Crippen molar-refractivity contribution < 1.29 is 0 Å². The maximum absolute atomic E-state index is 4.67. The molecule has 1 aliphatic rings. The Kier molecular flexibility index (Phi) is 4.68. The van der Waals surface area contributed by atoms with E-state index in [1.807, 2.05) is 0 Å². The summed E-state index contributed by atoms with van der Waals surface area (Å²) in [5.74, 6) is 2.50. The Morgan fingerprint density at radius 1 is 1.40 bits per heavy atom. The first-order valence-corrected chi connectivity index (χ1v) is 7.73. The van der Waals surface area contributed by atoms with E-state index in [2.05, 4.69) is 60.0 Å². The number of rotatable bonds is 4. The molecule has 0 amide bonds. The maximum Gasteiger partial charge on any atom is 0.244 e. The zero-order chi connectivity index (χ0) is 14.8. The van der Waals surface area contributed by atoms with E-state index in [0.29, 0.717) is 17.4 Å². The smallest absolute Gasteiger partial charge is 0.244 e. The van der Waals surface area contributed by atoms with Gasteiger partial charge in [0.2, 0.25) is 5.95 Å². The van der Waals surface area contributed by atoms with Crippen LogP contribution in [0.1, 0.15) is 46.9 Å². The van der Waals surface area contributed by atoms with Crippen LogP contribution in [0, 0.1) is 11.3 Å². The van der Waals surface area contributed by atoms with E-state index in [0.717, 1.165) is 37.8 Å². The Morgan fingerprint density at radius 2 is 2.15 bits per heavy atom. The minimum atomic E-state index is 0.371. The highest BCUT2D eigenvalue weighted by molar-refractivity contribution is 5.30. The van der Waals surface area contributed by atoms with E-state index in [-0.39, 0.29) is 0 Å². The number of H-pyrrole nitrogens is 1. The van der Waals surface area contributed by atoms with Crippen molar-refractivity contribution in [3.8, 4) is 0 Å². The fourth-order valence-electron chi connectivity index (χ4n) is 3.08. The molecule has 2 atom stereocenters. The average Bonchev–Trinajstić information content (AvgIpc) is 2.74. The number of hydrogen-bond acceptors (Lipinski definition) is 4. The highest BCUT2D eigenvalue weighted by Crippen LogP contribution is 2.26. The molecular weight excluding hydrogens is 250 g/mol. The number of hydrogen-bond donors (Lipinski definition) is 2. The van der Waals surface area contributed by atoms with Gasteiger partial charge in [0.1, 0.15) is 5.82 Å². The molecule has 5 heteroatoms. The van der Waals surface area contributed by atoms with Crippen LogP contribution in [-0.4, -0.2) is 40.9 Å². The van der Waals surface area contributed by atoms with Crippen LogP contribution in [0.25, 0.3) is 0 Å². The lowest BCUT2D eigenvalue weighted by Gasteiger charge is -2.30. The second kappa shape index (κ2) is 6.12. The normalized spacial score (nSPS) is 22.1. The van der Waals surface area contributed by atoms with E-state index in [1.54, 1.807) is 0 Å². The zero-order valence-electron chi connectivity index (χ0n) is 13.5. The molecule has 20 heavy (non-hydrogen) atoms. The minimum Gasteiger partial charge on any atom is -0.337 e. The van der Waals surface area contributed by atoms with Crippen molar-refractivity contribution in [1.82, 2.24) is 20.5 Å². The second-order valence-electron chi connectivity index (χ2n) is 7.46. The second-order valence-corrected chi connectivity index (χ2v) is 7.46. The van der Waals surface area contributed by atoms with Gasteiger partial charge < -0.3 is 10.2 Å². The third-order valence-electron chi connectivity index (χ3n) is 3.67. The first kappa shape index (κ1) is 15.3. The average molecular weight is 279 g/mol. The lowest BCUT2D eigenvalue weighted by atomic mass is 9.84. The summed E-state index contributed by atoms with van der Waals surface area (Å²) < 4.78 is 0. The molecule has 1 aromatic heterocycles.